The highest BCUT2D eigenvalue weighted by molar-refractivity contribution is 6.08. The Morgan fingerprint density at radius 1 is 1.11 bits per heavy atom. The van der Waals surface area contributed by atoms with Crippen molar-refractivity contribution < 1.29 is 18.7 Å². The Hall–Kier alpha value is -2.56. The Balaban J connectivity index is 2.34. The molecular weight excluding hydrogens is 249 g/mol. The number of aromatic nitrogens is 1. The summed E-state index contributed by atoms with van der Waals surface area (Å²) in [5.74, 6) is -1.35. The van der Waals surface area contributed by atoms with E-state index in [0.717, 1.165) is 0 Å². The molecule has 2 rings (SSSR count). The summed E-state index contributed by atoms with van der Waals surface area (Å²) in [6.07, 6.45) is 1.35. The zero-order valence-corrected chi connectivity index (χ0v) is 10.1. The van der Waals surface area contributed by atoms with E-state index in [1.807, 2.05) is 0 Å². The third-order valence-electron chi connectivity index (χ3n) is 2.52. The van der Waals surface area contributed by atoms with E-state index in [2.05, 4.69) is 9.72 Å². The number of carbonyl (C=O) groups is 2. The zero-order chi connectivity index (χ0) is 13.8. The number of ether oxygens (including phenoxy) is 1. The standard InChI is InChI=1S/C14H10FNO3/c1-19-14(18)10-6-7-16-12(8-10)13(17)9-2-4-11(15)5-3-9/h2-8H,1H3. The predicted octanol–water partition coefficient (Wildman–Crippen LogP) is 2.24. The van der Waals surface area contributed by atoms with E-state index in [4.69, 9.17) is 0 Å². The minimum Gasteiger partial charge on any atom is -0.465 e. The molecule has 0 spiro atoms. The first kappa shape index (κ1) is 12.9. The van der Waals surface area contributed by atoms with Crippen LogP contribution in [0.4, 0.5) is 4.39 Å². The number of carbonyl (C=O) groups excluding carboxylic acids is 2. The van der Waals surface area contributed by atoms with Crippen LogP contribution in [-0.2, 0) is 4.74 Å². The lowest BCUT2D eigenvalue weighted by Gasteiger charge is -2.03. The molecule has 0 fully saturated rings. The van der Waals surface area contributed by atoms with E-state index in [1.165, 1.54) is 49.7 Å². The maximum absolute atomic E-state index is 12.8. The van der Waals surface area contributed by atoms with Crippen molar-refractivity contribution in [2.75, 3.05) is 7.11 Å². The van der Waals surface area contributed by atoms with Crippen molar-refractivity contribution in [1.82, 2.24) is 4.98 Å². The average molecular weight is 259 g/mol. The van der Waals surface area contributed by atoms with Crippen molar-refractivity contribution in [1.29, 1.82) is 0 Å². The molecule has 0 saturated carbocycles. The van der Waals surface area contributed by atoms with Gasteiger partial charge in [0.25, 0.3) is 0 Å². The first-order chi connectivity index (χ1) is 9.11. The van der Waals surface area contributed by atoms with Crippen LogP contribution in [0.2, 0.25) is 0 Å². The van der Waals surface area contributed by atoms with Gasteiger partial charge in [0.2, 0.25) is 5.78 Å². The van der Waals surface area contributed by atoms with Crippen LogP contribution >= 0.6 is 0 Å². The maximum atomic E-state index is 12.8. The normalized spacial score (nSPS) is 10.0. The van der Waals surface area contributed by atoms with Gasteiger partial charge in [-0.3, -0.25) is 9.78 Å². The van der Waals surface area contributed by atoms with Gasteiger partial charge in [-0.15, -0.1) is 0 Å². The minimum atomic E-state index is -0.546. The van der Waals surface area contributed by atoms with Gasteiger partial charge in [0.15, 0.2) is 0 Å². The Morgan fingerprint density at radius 2 is 1.79 bits per heavy atom. The summed E-state index contributed by atoms with van der Waals surface area (Å²) in [5.41, 5.74) is 0.647. The average Bonchev–Trinajstić information content (AvgIpc) is 2.46. The molecular formula is C14H10FNO3. The van der Waals surface area contributed by atoms with Gasteiger partial charge in [-0.2, -0.15) is 0 Å². The van der Waals surface area contributed by atoms with Crippen LogP contribution in [0.15, 0.2) is 42.6 Å². The van der Waals surface area contributed by atoms with Gasteiger partial charge in [0, 0.05) is 11.8 Å². The van der Waals surface area contributed by atoms with E-state index < -0.39 is 11.8 Å². The largest absolute Gasteiger partial charge is 0.465 e. The van der Waals surface area contributed by atoms with E-state index in [-0.39, 0.29) is 17.0 Å². The molecule has 0 aliphatic rings. The number of benzene rings is 1. The maximum Gasteiger partial charge on any atom is 0.337 e. The van der Waals surface area contributed by atoms with E-state index in [9.17, 15) is 14.0 Å². The number of esters is 1. The fourth-order valence-corrected chi connectivity index (χ4v) is 1.55. The molecule has 1 aromatic carbocycles. The van der Waals surface area contributed by atoms with Crippen LogP contribution in [0, 0.1) is 5.82 Å². The van der Waals surface area contributed by atoms with Gasteiger partial charge in [-0.25, -0.2) is 9.18 Å². The highest BCUT2D eigenvalue weighted by Gasteiger charge is 2.13. The molecule has 0 radical (unpaired) electrons. The number of hydrogen-bond acceptors (Lipinski definition) is 4. The monoisotopic (exact) mass is 259 g/mol. The van der Waals surface area contributed by atoms with E-state index in [1.54, 1.807) is 0 Å². The Kier molecular flexibility index (Phi) is 3.66. The molecule has 1 aromatic heterocycles. The molecule has 4 nitrogen and oxygen atoms in total. The first-order valence-electron chi connectivity index (χ1n) is 5.46. The van der Waals surface area contributed by atoms with Gasteiger partial charge < -0.3 is 4.74 Å². The number of pyridine rings is 1. The second kappa shape index (κ2) is 5.39. The second-order valence-corrected chi connectivity index (χ2v) is 3.76. The lowest BCUT2D eigenvalue weighted by Crippen LogP contribution is -2.08. The topological polar surface area (TPSA) is 56.3 Å². The quantitative estimate of drug-likeness (QED) is 0.626. The van der Waals surface area contributed by atoms with Crippen molar-refractivity contribution in [2.45, 2.75) is 0 Å². The van der Waals surface area contributed by atoms with Gasteiger partial charge in [0.1, 0.15) is 11.5 Å². The fourth-order valence-electron chi connectivity index (χ4n) is 1.55. The fraction of sp³-hybridized carbons (Fsp3) is 0.0714. The van der Waals surface area contributed by atoms with Crippen molar-refractivity contribution in [3.05, 3.63) is 65.2 Å². The number of rotatable bonds is 3. The molecule has 0 aliphatic carbocycles. The summed E-state index contributed by atoms with van der Waals surface area (Å²) in [5, 5.41) is 0. The molecule has 0 N–H and O–H groups in total. The summed E-state index contributed by atoms with van der Waals surface area (Å²) in [7, 11) is 1.25. The molecule has 19 heavy (non-hydrogen) atoms. The molecule has 1 heterocycles. The molecule has 0 amide bonds. The molecule has 0 saturated heterocycles. The summed E-state index contributed by atoms with van der Waals surface area (Å²) in [4.78, 5) is 27.3. The number of methoxy groups -OCH3 is 1. The Labute approximate surface area is 108 Å². The van der Waals surface area contributed by atoms with Crippen LogP contribution < -0.4 is 0 Å². The predicted molar refractivity (Wildman–Crippen MR) is 65.4 cm³/mol. The van der Waals surface area contributed by atoms with Crippen molar-refractivity contribution in [3.63, 3.8) is 0 Å². The first-order valence-corrected chi connectivity index (χ1v) is 5.46. The van der Waals surface area contributed by atoms with Gasteiger partial charge in [-0.1, -0.05) is 0 Å². The van der Waals surface area contributed by atoms with Crippen LogP contribution in [0.25, 0.3) is 0 Å². The number of halogens is 1. The smallest absolute Gasteiger partial charge is 0.337 e. The van der Waals surface area contributed by atoms with Crippen LogP contribution in [0.5, 0.6) is 0 Å². The molecule has 0 bridgehead atoms. The Bertz CT molecular complexity index is 623. The summed E-state index contributed by atoms with van der Waals surface area (Å²) < 4.78 is 17.3. The van der Waals surface area contributed by atoms with Gasteiger partial charge >= 0.3 is 5.97 Å². The Morgan fingerprint density at radius 3 is 2.42 bits per heavy atom. The summed E-state index contributed by atoms with van der Waals surface area (Å²) in [6, 6.07) is 7.91. The molecule has 5 heteroatoms. The third kappa shape index (κ3) is 2.82. The lowest BCUT2D eigenvalue weighted by molar-refractivity contribution is 0.0600. The summed E-state index contributed by atoms with van der Waals surface area (Å²) in [6.45, 7) is 0. The lowest BCUT2D eigenvalue weighted by atomic mass is 10.1. The minimum absolute atomic E-state index is 0.106. The highest BCUT2D eigenvalue weighted by Crippen LogP contribution is 2.11. The SMILES string of the molecule is COC(=O)c1ccnc(C(=O)c2ccc(F)cc2)c1. The zero-order valence-electron chi connectivity index (χ0n) is 10.1. The molecule has 2 aromatic rings. The van der Waals surface area contributed by atoms with Crippen molar-refractivity contribution >= 4 is 11.8 Å². The second-order valence-electron chi connectivity index (χ2n) is 3.76. The number of hydrogen-bond donors (Lipinski definition) is 0. The van der Waals surface area contributed by atoms with Crippen LogP contribution in [0.1, 0.15) is 26.4 Å². The van der Waals surface area contributed by atoms with Crippen molar-refractivity contribution in [3.8, 4) is 0 Å². The molecule has 0 aliphatic heterocycles. The van der Waals surface area contributed by atoms with Crippen LogP contribution in [0.3, 0.4) is 0 Å². The third-order valence-corrected chi connectivity index (χ3v) is 2.52. The van der Waals surface area contributed by atoms with E-state index in [0.29, 0.717) is 5.56 Å². The molecule has 0 atom stereocenters. The van der Waals surface area contributed by atoms with Gasteiger partial charge in [0.05, 0.1) is 12.7 Å². The molecule has 0 unspecified atom stereocenters. The summed E-state index contributed by atoms with van der Waals surface area (Å²) >= 11 is 0. The highest BCUT2D eigenvalue weighted by atomic mass is 19.1. The molecule has 96 valence electrons. The van der Waals surface area contributed by atoms with Crippen LogP contribution in [-0.4, -0.2) is 23.8 Å². The number of ketones is 1. The van der Waals surface area contributed by atoms with Gasteiger partial charge in [-0.05, 0) is 36.4 Å². The van der Waals surface area contributed by atoms with E-state index >= 15 is 0 Å². The number of nitrogens with zero attached hydrogens (tertiary/aromatic N) is 1. The van der Waals surface area contributed by atoms with Crippen molar-refractivity contribution in [2.24, 2.45) is 0 Å².